The maximum absolute atomic E-state index is 12.2. The van der Waals surface area contributed by atoms with Gasteiger partial charge in [0, 0.05) is 6.54 Å². The van der Waals surface area contributed by atoms with Crippen molar-refractivity contribution in [2.24, 2.45) is 5.41 Å². The fraction of sp³-hybridized carbons (Fsp3) is 0.467. The van der Waals surface area contributed by atoms with Crippen molar-refractivity contribution < 1.29 is 9.59 Å². The van der Waals surface area contributed by atoms with Gasteiger partial charge in [-0.1, -0.05) is 37.3 Å². The van der Waals surface area contributed by atoms with E-state index in [-0.39, 0.29) is 23.8 Å². The molecular weight excluding hydrogens is 240 g/mol. The van der Waals surface area contributed by atoms with Crippen molar-refractivity contribution in [1.82, 2.24) is 10.2 Å². The highest BCUT2D eigenvalue weighted by Gasteiger charge is 2.44. The summed E-state index contributed by atoms with van der Waals surface area (Å²) in [5.41, 5.74) is 1.10. The van der Waals surface area contributed by atoms with E-state index in [1.807, 2.05) is 30.3 Å². The standard InChI is InChI=1S/C15H18N2O2/c1-15(7-8-15)10-17-12(18)9-16-14(19)13(17)11-5-3-2-4-6-11/h2-6,13H,7-10H2,1H3,(H,16,19). The summed E-state index contributed by atoms with van der Waals surface area (Å²) in [5, 5.41) is 2.69. The lowest BCUT2D eigenvalue weighted by atomic mass is 9.99. The molecule has 1 N–H and O–H groups in total. The van der Waals surface area contributed by atoms with Crippen molar-refractivity contribution in [1.29, 1.82) is 0 Å². The van der Waals surface area contributed by atoms with Crippen LogP contribution in [0.2, 0.25) is 0 Å². The van der Waals surface area contributed by atoms with Crippen LogP contribution in [0.5, 0.6) is 0 Å². The fourth-order valence-corrected chi connectivity index (χ4v) is 2.58. The molecular formula is C15H18N2O2. The van der Waals surface area contributed by atoms with Crippen molar-refractivity contribution in [2.75, 3.05) is 13.1 Å². The van der Waals surface area contributed by atoms with Gasteiger partial charge in [0.25, 0.3) is 0 Å². The minimum Gasteiger partial charge on any atom is -0.345 e. The summed E-state index contributed by atoms with van der Waals surface area (Å²) in [6.07, 6.45) is 2.28. The first kappa shape index (κ1) is 12.2. The molecule has 2 amide bonds. The van der Waals surface area contributed by atoms with E-state index in [1.54, 1.807) is 4.90 Å². The normalized spacial score (nSPS) is 25.1. The minimum atomic E-state index is -0.472. The first-order valence-corrected chi connectivity index (χ1v) is 6.71. The third-order valence-corrected chi connectivity index (χ3v) is 4.07. The molecule has 1 saturated heterocycles. The van der Waals surface area contributed by atoms with Gasteiger partial charge in [-0.15, -0.1) is 0 Å². The molecule has 100 valence electrons. The number of nitrogens with one attached hydrogen (secondary N) is 1. The van der Waals surface area contributed by atoms with Crippen LogP contribution in [0.15, 0.2) is 30.3 Å². The van der Waals surface area contributed by atoms with Crippen molar-refractivity contribution >= 4 is 11.8 Å². The molecule has 2 fully saturated rings. The summed E-state index contributed by atoms with van der Waals surface area (Å²) in [4.78, 5) is 26.0. The molecule has 1 atom stereocenters. The SMILES string of the molecule is CC1(CN2C(=O)CNC(=O)C2c2ccccc2)CC1. The quantitative estimate of drug-likeness (QED) is 0.893. The molecule has 1 heterocycles. The Morgan fingerprint density at radius 2 is 1.95 bits per heavy atom. The summed E-state index contributed by atoms with van der Waals surface area (Å²) in [6.45, 7) is 2.98. The first-order valence-electron chi connectivity index (χ1n) is 6.71. The van der Waals surface area contributed by atoms with Gasteiger partial charge in [-0.25, -0.2) is 0 Å². The smallest absolute Gasteiger partial charge is 0.247 e. The first-order chi connectivity index (χ1) is 9.09. The topological polar surface area (TPSA) is 49.4 Å². The number of carbonyl (C=O) groups excluding carboxylic acids is 2. The molecule has 4 nitrogen and oxygen atoms in total. The molecule has 1 saturated carbocycles. The lowest BCUT2D eigenvalue weighted by Crippen LogP contribution is -2.54. The molecule has 1 aromatic rings. The molecule has 2 aliphatic rings. The van der Waals surface area contributed by atoms with Gasteiger partial charge in [-0.05, 0) is 23.8 Å². The summed E-state index contributed by atoms with van der Waals surface area (Å²) in [6, 6.07) is 9.06. The van der Waals surface area contributed by atoms with E-state index in [2.05, 4.69) is 12.2 Å². The highest BCUT2D eigenvalue weighted by molar-refractivity contribution is 5.95. The van der Waals surface area contributed by atoms with Crippen molar-refractivity contribution in [3.05, 3.63) is 35.9 Å². The van der Waals surface area contributed by atoms with Crippen LogP contribution in [-0.2, 0) is 9.59 Å². The van der Waals surface area contributed by atoms with E-state index < -0.39 is 6.04 Å². The van der Waals surface area contributed by atoms with Crippen LogP contribution in [-0.4, -0.2) is 29.8 Å². The highest BCUT2D eigenvalue weighted by Crippen LogP contribution is 2.46. The number of piperazine rings is 1. The van der Waals surface area contributed by atoms with Gasteiger partial charge >= 0.3 is 0 Å². The second kappa shape index (κ2) is 4.37. The van der Waals surface area contributed by atoms with Gasteiger partial charge in [0.1, 0.15) is 6.04 Å². The molecule has 0 spiro atoms. The average molecular weight is 258 g/mol. The Morgan fingerprint density at radius 3 is 2.58 bits per heavy atom. The van der Waals surface area contributed by atoms with Gasteiger partial charge in [0.15, 0.2) is 0 Å². The van der Waals surface area contributed by atoms with Crippen LogP contribution < -0.4 is 5.32 Å². The molecule has 1 unspecified atom stereocenters. The molecule has 19 heavy (non-hydrogen) atoms. The fourth-order valence-electron chi connectivity index (χ4n) is 2.58. The van der Waals surface area contributed by atoms with Crippen LogP contribution in [0.4, 0.5) is 0 Å². The Bertz CT molecular complexity index is 508. The monoisotopic (exact) mass is 258 g/mol. The number of carbonyl (C=O) groups is 2. The maximum Gasteiger partial charge on any atom is 0.247 e. The predicted molar refractivity (Wildman–Crippen MR) is 71.2 cm³/mol. The van der Waals surface area contributed by atoms with Gasteiger partial charge in [0.2, 0.25) is 11.8 Å². The van der Waals surface area contributed by atoms with Gasteiger partial charge in [-0.3, -0.25) is 9.59 Å². The zero-order valence-corrected chi connectivity index (χ0v) is 11.1. The Hall–Kier alpha value is -1.84. The van der Waals surface area contributed by atoms with Crippen molar-refractivity contribution in [3.8, 4) is 0 Å². The Morgan fingerprint density at radius 1 is 1.26 bits per heavy atom. The summed E-state index contributed by atoms with van der Waals surface area (Å²) >= 11 is 0. The maximum atomic E-state index is 12.2. The largest absolute Gasteiger partial charge is 0.345 e. The summed E-state index contributed by atoms with van der Waals surface area (Å²) < 4.78 is 0. The van der Waals surface area contributed by atoms with E-state index >= 15 is 0 Å². The minimum absolute atomic E-state index is 0.0154. The zero-order valence-electron chi connectivity index (χ0n) is 11.1. The van der Waals surface area contributed by atoms with E-state index in [4.69, 9.17) is 0 Å². The second-order valence-electron chi connectivity index (χ2n) is 5.86. The number of hydrogen-bond donors (Lipinski definition) is 1. The van der Waals surface area contributed by atoms with Gasteiger partial charge in [-0.2, -0.15) is 0 Å². The number of benzene rings is 1. The lowest BCUT2D eigenvalue weighted by Gasteiger charge is -2.36. The van der Waals surface area contributed by atoms with E-state index in [0.717, 1.165) is 18.4 Å². The summed E-state index contributed by atoms with van der Waals surface area (Å²) in [7, 11) is 0. The Kier molecular flexibility index (Phi) is 2.81. The van der Waals surface area contributed by atoms with Gasteiger partial charge in [0.05, 0.1) is 6.54 Å². The van der Waals surface area contributed by atoms with Crippen LogP contribution >= 0.6 is 0 Å². The Balaban J connectivity index is 1.91. The predicted octanol–water partition coefficient (Wildman–Crippen LogP) is 1.49. The molecule has 1 aliphatic carbocycles. The molecule has 0 radical (unpaired) electrons. The van der Waals surface area contributed by atoms with Crippen LogP contribution in [0, 0.1) is 5.41 Å². The Labute approximate surface area is 112 Å². The van der Waals surface area contributed by atoms with Crippen LogP contribution in [0.3, 0.4) is 0 Å². The third-order valence-electron chi connectivity index (χ3n) is 4.07. The van der Waals surface area contributed by atoms with Crippen molar-refractivity contribution in [3.63, 3.8) is 0 Å². The van der Waals surface area contributed by atoms with Gasteiger partial charge < -0.3 is 10.2 Å². The average Bonchev–Trinajstić information content (AvgIpc) is 3.13. The van der Waals surface area contributed by atoms with Crippen LogP contribution in [0.1, 0.15) is 31.4 Å². The van der Waals surface area contributed by atoms with E-state index in [9.17, 15) is 9.59 Å². The number of rotatable bonds is 3. The molecule has 3 rings (SSSR count). The zero-order chi connectivity index (χ0) is 13.5. The second-order valence-corrected chi connectivity index (χ2v) is 5.86. The van der Waals surface area contributed by atoms with Crippen molar-refractivity contribution in [2.45, 2.75) is 25.8 Å². The molecule has 4 heteroatoms. The molecule has 1 aliphatic heterocycles. The molecule has 1 aromatic carbocycles. The van der Waals surface area contributed by atoms with Crippen LogP contribution in [0.25, 0.3) is 0 Å². The van der Waals surface area contributed by atoms with E-state index in [0.29, 0.717) is 6.54 Å². The number of nitrogens with zero attached hydrogens (tertiary/aromatic N) is 1. The number of hydrogen-bond acceptors (Lipinski definition) is 2. The number of amides is 2. The molecule has 0 bridgehead atoms. The summed E-state index contributed by atoms with van der Waals surface area (Å²) in [5.74, 6) is -0.0587. The highest BCUT2D eigenvalue weighted by atomic mass is 16.2. The lowest BCUT2D eigenvalue weighted by molar-refractivity contribution is -0.146. The third kappa shape index (κ3) is 2.35. The molecule has 0 aromatic heterocycles. The van der Waals surface area contributed by atoms with E-state index in [1.165, 1.54) is 0 Å².